The molecule has 7 nitrogen and oxygen atoms in total. The molecule has 0 aliphatic carbocycles. The van der Waals surface area contributed by atoms with Crippen LogP contribution in [0.2, 0.25) is 0 Å². The van der Waals surface area contributed by atoms with Crippen LogP contribution in [0.25, 0.3) is 0 Å². The van der Waals surface area contributed by atoms with Crippen LogP contribution in [0.1, 0.15) is 36.0 Å². The Morgan fingerprint density at radius 2 is 1.43 bits per heavy atom. The van der Waals surface area contributed by atoms with Gasteiger partial charge in [0.1, 0.15) is 0 Å². The van der Waals surface area contributed by atoms with E-state index in [1.807, 2.05) is 0 Å². The molecule has 0 saturated carbocycles. The van der Waals surface area contributed by atoms with Gasteiger partial charge in [-0.25, -0.2) is 9.59 Å². The van der Waals surface area contributed by atoms with Crippen LogP contribution in [0.15, 0.2) is 23.1 Å². The third-order valence-corrected chi connectivity index (χ3v) is 3.06. The van der Waals surface area contributed by atoms with Crippen molar-refractivity contribution in [2.75, 3.05) is 13.2 Å². The number of carbonyl (C=O) groups is 2. The van der Waals surface area contributed by atoms with Crippen molar-refractivity contribution in [3.63, 3.8) is 0 Å². The number of hydrogen-bond donors (Lipinski definition) is 1. The fraction of sp³-hybridized carbons (Fsp3) is 0.333. The topological polar surface area (TPSA) is 107 Å². The van der Waals surface area contributed by atoms with Crippen molar-refractivity contribution in [3.05, 3.63) is 29.3 Å². The summed E-state index contributed by atoms with van der Waals surface area (Å²) in [6.45, 7) is 3.33. The molecule has 0 aliphatic rings. The minimum Gasteiger partial charge on any atom is -1.00 e. The van der Waals surface area contributed by atoms with Gasteiger partial charge in [-0.05, 0) is 32.0 Å². The van der Waals surface area contributed by atoms with E-state index in [-0.39, 0.29) is 44.6 Å². The zero-order valence-electron chi connectivity index (χ0n) is 13.0. The van der Waals surface area contributed by atoms with E-state index in [0.717, 1.165) is 18.2 Å². The van der Waals surface area contributed by atoms with E-state index in [1.165, 1.54) is 0 Å². The number of esters is 2. The first-order valence-corrected chi connectivity index (χ1v) is 7.20. The Bertz CT molecular complexity index is 594. The number of carbonyl (C=O) groups excluding carboxylic acids is 2. The third kappa shape index (κ3) is 5.51. The molecule has 0 bridgehead atoms. The van der Waals surface area contributed by atoms with Crippen LogP contribution in [0.3, 0.4) is 0 Å². The zero-order chi connectivity index (χ0) is 15.3. The largest absolute Gasteiger partial charge is 1.00 e. The molecule has 0 unspecified atom stereocenters. The molecule has 0 fully saturated rings. The Kier molecular flexibility index (Phi) is 7.67. The maximum atomic E-state index is 11.6. The Morgan fingerprint density at radius 1 is 1.05 bits per heavy atom. The summed E-state index contributed by atoms with van der Waals surface area (Å²) < 4.78 is 40.8. The summed E-state index contributed by atoms with van der Waals surface area (Å²) in [5.41, 5.74) is -0.324. The molecule has 1 aromatic carbocycles. The average molecular weight is 310 g/mol. The standard InChI is InChI=1S/C12H14O7S.Li.H/c1-3-18-11(13)8-5-9(12(14)19-4-2)7-10(6-8)20(15,16)17;;/h5-7H,3-4H2,1-2H3,(H,15,16,17);;/q;+1;-1. The minimum absolute atomic E-state index is 0. The smallest absolute Gasteiger partial charge is 1.00 e. The maximum Gasteiger partial charge on any atom is 1.00 e. The van der Waals surface area contributed by atoms with Crippen molar-refractivity contribution in [2.45, 2.75) is 18.7 Å². The Morgan fingerprint density at radius 3 is 1.71 bits per heavy atom. The van der Waals surface area contributed by atoms with Gasteiger partial charge in [-0.2, -0.15) is 8.42 Å². The van der Waals surface area contributed by atoms with Crippen LogP contribution >= 0.6 is 0 Å². The van der Waals surface area contributed by atoms with Crippen molar-refractivity contribution in [3.8, 4) is 0 Å². The Hall–Kier alpha value is -1.33. The van der Waals surface area contributed by atoms with Crippen LogP contribution in [0, 0.1) is 0 Å². The molecule has 0 aromatic heterocycles. The second-order valence-electron chi connectivity index (χ2n) is 3.66. The zero-order valence-corrected chi connectivity index (χ0v) is 12.8. The Balaban J connectivity index is 0. The van der Waals surface area contributed by atoms with Crippen molar-refractivity contribution in [2.24, 2.45) is 0 Å². The molecule has 0 amide bonds. The molecule has 0 aliphatic heterocycles. The quantitative estimate of drug-likeness (QED) is 0.396. The average Bonchev–Trinajstić information content (AvgIpc) is 2.37. The minimum atomic E-state index is -4.56. The number of ether oxygens (including phenoxy) is 2. The third-order valence-electron chi connectivity index (χ3n) is 2.23. The van der Waals surface area contributed by atoms with Gasteiger partial charge in [0.2, 0.25) is 0 Å². The molecule has 1 aromatic rings. The normalized spacial score (nSPS) is 10.4. The van der Waals surface area contributed by atoms with Gasteiger partial charge < -0.3 is 10.9 Å². The second kappa shape index (κ2) is 8.19. The van der Waals surface area contributed by atoms with Gasteiger partial charge in [-0.15, -0.1) is 0 Å². The first-order valence-electron chi connectivity index (χ1n) is 5.76. The molecule has 0 atom stereocenters. The summed E-state index contributed by atoms with van der Waals surface area (Å²) in [4.78, 5) is 22.6. The van der Waals surface area contributed by atoms with Crippen molar-refractivity contribution in [1.82, 2.24) is 0 Å². The van der Waals surface area contributed by atoms with E-state index >= 15 is 0 Å². The van der Waals surface area contributed by atoms with Crippen LogP contribution < -0.4 is 18.9 Å². The second-order valence-corrected chi connectivity index (χ2v) is 5.08. The fourth-order valence-electron chi connectivity index (χ4n) is 1.41. The molecular weight excluding hydrogens is 295 g/mol. The molecule has 112 valence electrons. The van der Waals surface area contributed by atoms with E-state index < -0.39 is 27.0 Å². The van der Waals surface area contributed by atoms with Crippen molar-refractivity contribution >= 4 is 22.1 Å². The van der Waals surface area contributed by atoms with Crippen LogP contribution in [0.4, 0.5) is 0 Å². The predicted octanol–water partition coefficient (Wildman–Crippen LogP) is -1.60. The van der Waals surface area contributed by atoms with Gasteiger partial charge in [0.15, 0.2) is 0 Å². The molecule has 9 heteroatoms. The van der Waals surface area contributed by atoms with E-state index in [0.29, 0.717) is 0 Å². The van der Waals surface area contributed by atoms with Crippen molar-refractivity contribution < 1.29 is 52.3 Å². The molecule has 1 N–H and O–H groups in total. The molecule has 21 heavy (non-hydrogen) atoms. The molecule has 0 heterocycles. The van der Waals surface area contributed by atoms with Crippen LogP contribution in [-0.4, -0.2) is 38.1 Å². The summed E-state index contributed by atoms with van der Waals surface area (Å²) >= 11 is 0. The Labute approximate surface area is 136 Å². The first-order chi connectivity index (χ1) is 9.29. The summed E-state index contributed by atoms with van der Waals surface area (Å²) in [5, 5.41) is 0. The summed E-state index contributed by atoms with van der Waals surface area (Å²) in [6, 6.07) is 3.00. The summed E-state index contributed by atoms with van der Waals surface area (Å²) in [7, 11) is -4.56. The van der Waals surface area contributed by atoms with Gasteiger partial charge >= 0.3 is 30.8 Å². The van der Waals surface area contributed by atoms with E-state index in [9.17, 15) is 18.0 Å². The summed E-state index contributed by atoms with van der Waals surface area (Å²) in [6.07, 6.45) is 0. The summed E-state index contributed by atoms with van der Waals surface area (Å²) in [5.74, 6) is -1.60. The molecular formula is C12H15LiO7S. The molecule has 0 spiro atoms. The van der Waals surface area contributed by atoms with Crippen LogP contribution in [0.5, 0.6) is 0 Å². The van der Waals surface area contributed by atoms with Gasteiger partial charge in [0, 0.05) is 0 Å². The van der Waals surface area contributed by atoms with Gasteiger partial charge in [-0.3, -0.25) is 4.55 Å². The number of hydrogen-bond acceptors (Lipinski definition) is 6. The van der Waals surface area contributed by atoms with Gasteiger partial charge in [-0.1, -0.05) is 0 Å². The molecule has 0 radical (unpaired) electrons. The number of benzene rings is 1. The van der Waals surface area contributed by atoms with Gasteiger partial charge in [0.05, 0.1) is 29.2 Å². The maximum absolute atomic E-state index is 11.6. The predicted molar refractivity (Wildman–Crippen MR) is 69.3 cm³/mol. The monoisotopic (exact) mass is 310 g/mol. The SMILES string of the molecule is CCOC(=O)c1cc(C(=O)OCC)cc(S(=O)(=O)O)c1.[H-].[Li+]. The van der Waals surface area contributed by atoms with Gasteiger partial charge in [0.25, 0.3) is 10.1 Å². The molecule has 0 saturated heterocycles. The van der Waals surface area contributed by atoms with Crippen LogP contribution in [-0.2, 0) is 19.6 Å². The van der Waals surface area contributed by atoms with Crippen molar-refractivity contribution in [1.29, 1.82) is 0 Å². The molecule has 1 rings (SSSR count). The van der Waals surface area contributed by atoms with E-state index in [1.54, 1.807) is 13.8 Å². The van der Waals surface area contributed by atoms with E-state index in [4.69, 9.17) is 14.0 Å². The van der Waals surface area contributed by atoms with E-state index in [2.05, 4.69) is 0 Å². The first kappa shape index (κ1) is 19.7. The fourth-order valence-corrected chi connectivity index (χ4v) is 1.96. The number of rotatable bonds is 5.